The van der Waals surface area contributed by atoms with Crippen LogP contribution in [-0.2, 0) is 16.0 Å². The first-order valence-corrected chi connectivity index (χ1v) is 7.12. The molecule has 1 rings (SSSR count). The molecule has 0 unspecified atom stereocenters. The third-order valence-corrected chi connectivity index (χ3v) is 3.87. The normalized spacial score (nSPS) is 11.4. The zero-order valence-corrected chi connectivity index (χ0v) is 12.5. The number of aryl methyl sites for hydroxylation is 1. The van der Waals surface area contributed by atoms with Gasteiger partial charge in [0.25, 0.3) is 0 Å². The largest absolute Gasteiger partial charge is 0.466 e. The Morgan fingerprint density at radius 3 is 2.63 bits per heavy atom. The van der Waals surface area contributed by atoms with Gasteiger partial charge in [-0.25, -0.2) is 0 Å². The van der Waals surface area contributed by atoms with Crippen molar-refractivity contribution >= 4 is 33.7 Å². The third-order valence-electron chi connectivity index (χ3n) is 2.15. The zero-order chi connectivity index (χ0) is 14.5. The summed E-state index contributed by atoms with van der Waals surface area (Å²) in [5.74, 6) is -0.313. The molecule has 0 N–H and O–H groups in total. The van der Waals surface area contributed by atoms with E-state index in [4.69, 9.17) is 4.74 Å². The lowest BCUT2D eigenvalue weighted by Gasteiger charge is -2.09. The Balaban J connectivity index is 2.64. The van der Waals surface area contributed by atoms with Crippen molar-refractivity contribution in [1.82, 2.24) is 0 Å². The summed E-state index contributed by atoms with van der Waals surface area (Å²) in [6.07, 6.45) is 0.653. The Labute approximate surface area is 121 Å². The van der Waals surface area contributed by atoms with Gasteiger partial charge in [0.1, 0.15) is 0 Å². The van der Waals surface area contributed by atoms with Gasteiger partial charge in [-0.1, -0.05) is 6.07 Å². The van der Waals surface area contributed by atoms with Crippen LogP contribution in [0.25, 0.3) is 0 Å². The van der Waals surface area contributed by atoms with E-state index >= 15 is 0 Å². The van der Waals surface area contributed by atoms with Crippen LogP contribution in [0.5, 0.6) is 0 Å². The number of benzene rings is 1. The SMILES string of the molecule is CCOC(=O)CCc1ccc(SC(F)(F)F)c(Br)c1. The molecule has 0 aliphatic rings. The second-order valence-corrected chi connectivity index (χ2v) is 5.58. The van der Waals surface area contributed by atoms with Gasteiger partial charge in [0.2, 0.25) is 0 Å². The van der Waals surface area contributed by atoms with Gasteiger partial charge in [-0.3, -0.25) is 4.79 Å². The fourth-order valence-corrected chi connectivity index (χ4v) is 2.60. The Morgan fingerprint density at radius 2 is 2.11 bits per heavy atom. The predicted octanol–water partition coefficient (Wildman–Crippen LogP) is 4.56. The molecule has 2 nitrogen and oxygen atoms in total. The summed E-state index contributed by atoms with van der Waals surface area (Å²) in [7, 11) is 0. The Morgan fingerprint density at radius 1 is 1.42 bits per heavy atom. The lowest BCUT2D eigenvalue weighted by atomic mass is 10.1. The van der Waals surface area contributed by atoms with Crippen LogP contribution in [0, 0.1) is 0 Å². The molecule has 1 aromatic carbocycles. The van der Waals surface area contributed by atoms with E-state index in [-0.39, 0.29) is 29.0 Å². The van der Waals surface area contributed by atoms with E-state index in [1.54, 1.807) is 19.1 Å². The fourth-order valence-electron chi connectivity index (χ4n) is 1.39. The van der Waals surface area contributed by atoms with Gasteiger partial charge in [-0.15, -0.1) is 0 Å². The second-order valence-electron chi connectivity index (χ2n) is 3.62. The van der Waals surface area contributed by atoms with Crippen molar-refractivity contribution < 1.29 is 22.7 Å². The number of halogens is 4. The van der Waals surface area contributed by atoms with Crippen LogP contribution in [0.2, 0.25) is 0 Å². The Kier molecular flexibility index (Phi) is 6.19. The molecule has 106 valence electrons. The molecule has 0 aromatic heterocycles. The number of ether oxygens (including phenoxy) is 1. The van der Waals surface area contributed by atoms with E-state index in [1.165, 1.54) is 6.07 Å². The molecule has 0 saturated carbocycles. The maximum Gasteiger partial charge on any atom is 0.446 e. The van der Waals surface area contributed by atoms with Crippen LogP contribution in [0.3, 0.4) is 0 Å². The van der Waals surface area contributed by atoms with Crippen LogP contribution in [0.4, 0.5) is 13.2 Å². The molecule has 0 aliphatic carbocycles. The highest BCUT2D eigenvalue weighted by atomic mass is 79.9. The molecule has 0 amide bonds. The van der Waals surface area contributed by atoms with E-state index in [0.29, 0.717) is 17.5 Å². The molecule has 0 atom stereocenters. The summed E-state index contributed by atoms with van der Waals surface area (Å²) < 4.78 is 41.9. The molecule has 0 spiro atoms. The topological polar surface area (TPSA) is 26.3 Å². The van der Waals surface area contributed by atoms with Crippen LogP contribution >= 0.6 is 27.7 Å². The number of rotatable bonds is 5. The first-order valence-electron chi connectivity index (χ1n) is 5.51. The summed E-state index contributed by atoms with van der Waals surface area (Å²) in [5, 5.41) is 0. The average Bonchev–Trinajstić information content (AvgIpc) is 2.28. The minimum Gasteiger partial charge on any atom is -0.466 e. The number of esters is 1. The first-order chi connectivity index (χ1) is 8.81. The van der Waals surface area contributed by atoms with Crippen molar-refractivity contribution in [2.45, 2.75) is 30.2 Å². The van der Waals surface area contributed by atoms with Crippen LogP contribution in [0.15, 0.2) is 27.6 Å². The van der Waals surface area contributed by atoms with Crippen molar-refractivity contribution in [3.63, 3.8) is 0 Å². The van der Waals surface area contributed by atoms with Crippen molar-refractivity contribution in [2.75, 3.05) is 6.61 Å². The summed E-state index contributed by atoms with van der Waals surface area (Å²) in [4.78, 5) is 11.3. The molecule has 19 heavy (non-hydrogen) atoms. The highest BCUT2D eigenvalue weighted by Gasteiger charge is 2.30. The summed E-state index contributed by atoms with van der Waals surface area (Å²) in [6.45, 7) is 2.04. The maximum atomic E-state index is 12.2. The number of hydrogen-bond donors (Lipinski definition) is 0. The third kappa shape index (κ3) is 6.33. The highest BCUT2D eigenvalue weighted by molar-refractivity contribution is 9.10. The zero-order valence-electron chi connectivity index (χ0n) is 10.1. The predicted molar refractivity (Wildman–Crippen MR) is 71.0 cm³/mol. The van der Waals surface area contributed by atoms with Crippen LogP contribution in [-0.4, -0.2) is 18.1 Å². The van der Waals surface area contributed by atoms with Crippen LogP contribution in [0.1, 0.15) is 18.9 Å². The molecule has 0 radical (unpaired) electrons. The highest BCUT2D eigenvalue weighted by Crippen LogP contribution is 2.40. The van der Waals surface area contributed by atoms with Gasteiger partial charge < -0.3 is 4.74 Å². The van der Waals surface area contributed by atoms with Crippen molar-refractivity contribution in [3.05, 3.63) is 28.2 Å². The smallest absolute Gasteiger partial charge is 0.446 e. The fraction of sp³-hybridized carbons (Fsp3) is 0.417. The molecule has 0 aliphatic heterocycles. The van der Waals surface area contributed by atoms with Gasteiger partial charge in [-0.2, -0.15) is 13.2 Å². The second kappa shape index (κ2) is 7.19. The lowest BCUT2D eigenvalue weighted by molar-refractivity contribution is -0.143. The monoisotopic (exact) mass is 356 g/mol. The molecule has 0 saturated heterocycles. The molecular formula is C12H12BrF3O2S. The molecular weight excluding hydrogens is 345 g/mol. The quantitative estimate of drug-likeness (QED) is 0.571. The standard InChI is InChI=1S/C12H12BrF3O2S/c1-2-18-11(17)6-4-8-3-5-10(9(13)7-8)19-12(14,15)16/h3,5,7H,2,4,6H2,1H3. The summed E-state index contributed by atoms with van der Waals surface area (Å²) in [6, 6.07) is 4.56. The molecule has 0 heterocycles. The molecule has 0 fully saturated rings. The van der Waals surface area contributed by atoms with Gasteiger partial charge in [0, 0.05) is 15.8 Å². The summed E-state index contributed by atoms with van der Waals surface area (Å²) in [5.41, 5.74) is -3.53. The van der Waals surface area contributed by atoms with Crippen LogP contribution < -0.4 is 0 Å². The van der Waals surface area contributed by atoms with Gasteiger partial charge in [0.15, 0.2) is 0 Å². The number of thioether (sulfide) groups is 1. The lowest BCUT2D eigenvalue weighted by Crippen LogP contribution is -2.05. The number of carbonyl (C=O) groups is 1. The van der Waals surface area contributed by atoms with E-state index in [0.717, 1.165) is 5.56 Å². The molecule has 0 bridgehead atoms. The van der Waals surface area contributed by atoms with E-state index in [1.807, 2.05) is 0 Å². The van der Waals surface area contributed by atoms with Gasteiger partial charge in [0.05, 0.1) is 6.61 Å². The number of hydrogen-bond acceptors (Lipinski definition) is 3. The maximum absolute atomic E-state index is 12.2. The van der Waals surface area contributed by atoms with Crippen molar-refractivity contribution in [3.8, 4) is 0 Å². The Bertz CT molecular complexity index is 449. The Hall–Kier alpha value is -0.690. The van der Waals surface area contributed by atoms with Gasteiger partial charge in [-0.05, 0) is 58.7 Å². The number of carbonyl (C=O) groups excluding carboxylic acids is 1. The van der Waals surface area contributed by atoms with Crippen molar-refractivity contribution in [1.29, 1.82) is 0 Å². The minimum absolute atomic E-state index is 0.104. The van der Waals surface area contributed by atoms with E-state index < -0.39 is 5.51 Å². The van der Waals surface area contributed by atoms with E-state index in [9.17, 15) is 18.0 Å². The summed E-state index contributed by atoms with van der Waals surface area (Å²) >= 11 is 2.93. The van der Waals surface area contributed by atoms with Gasteiger partial charge >= 0.3 is 11.5 Å². The minimum atomic E-state index is -4.31. The average molecular weight is 357 g/mol. The van der Waals surface area contributed by atoms with E-state index in [2.05, 4.69) is 15.9 Å². The number of alkyl halides is 3. The van der Waals surface area contributed by atoms with Crippen molar-refractivity contribution in [2.24, 2.45) is 0 Å². The molecule has 1 aromatic rings. The first kappa shape index (κ1) is 16.4. The molecule has 7 heteroatoms.